The molecule has 2 N–H and O–H groups in total. The fourth-order valence-electron chi connectivity index (χ4n) is 3.67. The van der Waals surface area contributed by atoms with Gasteiger partial charge < -0.3 is 20.3 Å². The number of anilines is 2. The number of nitrogens with two attached hydrogens (primary N) is 1. The van der Waals surface area contributed by atoms with Gasteiger partial charge in [0.2, 0.25) is 0 Å². The SMILES string of the molecule is C[C@H]1COCCN1c1nc(-c2cc(F)c(N)cc2F)nc2c1CCN(C)C2. The number of morpholine rings is 1. The van der Waals surface area contributed by atoms with E-state index >= 15 is 0 Å². The van der Waals surface area contributed by atoms with E-state index in [4.69, 9.17) is 10.5 Å². The summed E-state index contributed by atoms with van der Waals surface area (Å²) in [6.45, 7) is 5.56. The van der Waals surface area contributed by atoms with Crippen molar-refractivity contribution in [3.8, 4) is 11.4 Å². The van der Waals surface area contributed by atoms with E-state index in [0.29, 0.717) is 26.3 Å². The van der Waals surface area contributed by atoms with Gasteiger partial charge in [0, 0.05) is 31.3 Å². The fourth-order valence-corrected chi connectivity index (χ4v) is 3.67. The van der Waals surface area contributed by atoms with E-state index < -0.39 is 11.6 Å². The summed E-state index contributed by atoms with van der Waals surface area (Å²) in [5.41, 5.74) is 7.22. The van der Waals surface area contributed by atoms with Crippen molar-refractivity contribution in [2.24, 2.45) is 0 Å². The van der Waals surface area contributed by atoms with Gasteiger partial charge in [0.15, 0.2) is 5.82 Å². The number of aromatic nitrogens is 2. The average Bonchev–Trinajstić information content (AvgIpc) is 2.64. The first-order chi connectivity index (χ1) is 12.9. The molecule has 27 heavy (non-hydrogen) atoms. The van der Waals surface area contributed by atoms with E-state index in [1.165, 1.54) is 0 Å². The smallest absolute Gasteiger partial charge is 0.164 e. The molecular formula is C19H23F2N5O. The summed E-state index contributed by atoms with van der Waals surface area (Å²) in [6.07, 6.45) is 0.824. The molecule has 2 aliphatic rings. The van der Waals surface area contributed by atoms with Gasteiger partial charge in [-0.1, -0.05) is 0 Å². The summed E-state index contributed by atoms with van der Waals surface area (Å²) in [4.78, 5) is 13.6. The molecule has 0 spiro atoms. The fraction of sp³-hybridized carbons (Fsp3) is 0.474. The molecular weight excluding hydrogens is 352 g/mol. The van der Waals surface area contributed by atoms with E-state index in [1.54, 1.807) is 0 Å². The molecule has 1 fully saturated rings. The largest absolute Gasteiger partial charge is 0.396 e. The van der Waals surface area contributed by atoms with E-state index in [2.05, 4.69) is 26.7 Å². The minimum atomic E-state index is -0.675. The Labute approximate surface area is 157 Å². The molecule has 1 aromatic carbocycles. The molecule has 0 aliphatic carbocycles. The molecule has 4 rings (SSSR count). The normalized spacial score (nSPS) is 20.6. The van der Waals surface area contributed by atoms with Crippen molar-refractivity contribution in [3.63, 3.8) is 0 Å². The van der Waals surface area contributed by atoms with E-state index in [1.807, 2.05) is 7.05 Å². The third-order valence-corrected chi connectivity index (χ3v) is 5.20. The molecule has 2 aliphatic heterocycles. The number of nitrogens with zero attached hydrogens (tertiary/aromatic N) is 4. The number of ether oxygens (including phenoxy) is 1. The van der Waals surface area contributed by atoms with Crippen molar-refractivity contribution >= 4 is 11.5 Å². The second kappa shape index (κ2) is 7.01. The van der Waals surface area contributed by atoms with Gasteiger partial charge in [0.05, 0.1) is 36.2 Å². The summed E-state index contributed by atoms with van der Waals surface area (Å²) in [6, 6.07) is 2.21. The highest BCUT2D eigenvalue weighted by Gasteiger charge is 2.28. The molecule has 1 saturated heterocycles. The van der Waals surface area contributed by atoms with Crippen LogP contribution in [0.25, 0.3) is 11.4 Å². The second-order valence-corrected chi connectivity index (χ2v) is 7.25. The molecule has 0 saturated carbocycles. The molecule has 2 aromatic rings. The number of halogens is 2. The average molecular weight is 375 g/mol. The quantitative estimate of drug-likeness (QED) is 0.812. The van der Waals surface area contributed by atoms with Crippen molar-refractivity contribution in [3.05, 3.63) is 35.0 Å². The van der Waals surface area contributed by atoms with Crippen LogP contribution in [0.4, 0.5) is 20.3 Å². The van der Waals surface area contributed by atoms with Crippen LogP contribution in [0.3, 0.4) is 0 Å². The number of hydrogen-bond acceptors (Lipinski definition) is 6. The van der Waals surface area contributed by atoms with Crippen LogP contribution >= 0.6 is 0 Å². The zero-order valence-electron chi connectivity index (χ0n) is 15.5. The van der Waals surface area contributed by atoms with Gasteiger partial charge in [-0.2, -0.15) is 0 Å². The van der Waals surface area contributed by atoms with Crippen molar-refractivity contribution < 1.29 is 13.5 Å². The first-order valence-electron chi connectivity index (χ1n) is 9.11. The number of rotatable bonds is 2. The minimum absolute atomic E-state index is 0.0277. The van der Waals surface area contributed by atoms with Gasteiger partial charge in [0.1, 0.15) is 17.5 Å². The summed E-state index contributed by atoms with van der Waals surface area (Å²) >= 11 is 0. The van der Waals surface area contributed by atoms with Gasteiger partial charge in [-0.15, -0.1) is 0 Å². The lowest BCUT2D eigenvalue weighted by atomic mass is 10.0. The summed E-state index contributed by atoms with van der Waals surface area (Å²) in [5.74, 6) is -0.310. The molecule has 1 atom stereocenters. The lowest BCUT2D eigenvalue weighted by Crippen LogP contribution is -2.45. The van der Waals surface area contributed by atoms with Crippen LogP contribution < -0.4 is 10.6 Å². The van der Waals surface area contributed by atoms with Gasteiger partial charge in [-0.3, -0.25) is 0 Å². The molecule has 0 bridgehead atoms. The maximum absolute atomic E-state index is 14.5. The highest BCUT2D eigenvalue weighted by molar-refractivity contribution is 5.64. The Hall–Kier alpha value is -2.32. The first kappa shape index (κ1) is 18.1. The molecule has 1 aromatic heterocycles. The van der Waals surface area contributed by atoms with E-state index in [9.17, 15) is 8.78 Å². The Morgan fingerprint density at radius 2 is 2.00 bits per heavy atom. The van der Waals surface area contributed by atoms with Gasteiger partial charge in [-0.05, 0) is 26.5 Å². The standard InChI is InChI=1S/C19H23F2N5O/c1-11-10-27-6-5-26(11)19-12-3-4-25(2)9-17(12)23-18(24-19)13-7-15(21)16(22)8-14(13)20/h7-8,11H,3-6,9-10,22H2,1-2H3/t11-/m0/s1. The minimum Gasteiger partial charge on any atom is -0.396 e. The Balaban J connectivity index is 1.87. The lowest BCUT2D eigenvalue weighted by molar-refractivity contribution is 0.0983. The predicted octanol–water partition coefficient (Wildman–Crippen LogP) is 2.22. The number of fused-ring (bicyclic) bond motifs is 1. The highest BCUT2D eigenvalue weighted by atomic mass is 19.1. The monoisotopic (exact) mass is 375 g/mol. The number of nitrogen functional groups attached to an aromatic ring is 1. The van der Waals surface area contributed by atoms with Crippen LogP contribution in [0.2, 0.25) is 0 Å². The zero-order chi connectivity index (χ0) is 19.1. The summed E-state index contributed by atoms with van der Waals surface area (Å²) < 4.78 is 34.0. The number of benzene rings is 1. The van der Waals surface area contributed by atoms with Crippen LogP contribution in [-0.4, -0.2) is 54.3 Å². The Bertz CT molecular complexity index is 876. The molecule has 144 valence electrons. The Kier molecular flexibility index (Phi) is 4.69. The van der Waals surface area contributed by atoms with Crippen molar-refractivity contribution in [2.45, 2.75) is 25.9 Å². The van der Waals surface area contributed by atoms with E-state index in [-0.39, 0.29) is 23.1 Å². The molecule has 0 unspecified atom stereocenters. The van der Waals surface area contributed by atoms with Crippen molar-refractivity contribution in [1.29, 1.82) is 0 Å². The lowest BCUT2D eigenvalue weighted by Gasteiger charge is -2.37. The molecule has 3 heterocycles. The van der Waals surface area contributed by atoms with Crippen molar-refractivity contribution in [2.75, 3.05) is 44.0 Å². The molecule has 8 heteroatoms. The maximum atomic E-state index is 14.5. The zero-order valence-corrected chi connectivity index (χ0v) is 15.5. The predicted molar refractivity (Wildman–Crippen MR) is 99.5 cm³/mol. The third-order valence-electron chi connectivity index (χ3n) is 5.20. The summed E-state index contributed by atoms with van der Waals surface area (Å²) in [5, 5.41) is 0. The Morgan fingerprint density at radius 1 is 1.19 bits per heavy atom. The molecule has 6 nitrogen and oxygen atoms in total. The molecule has 0 radical (unpaired) electrons. The van der Waals surface area contributed by atoms with Crippen LogP contribution in [0.15, 0.2) is 12.1 Å². The van der Waals surface area contributed by atoms with Crippen LogP contribution in [0.5, 0.6) is 0 Å². The summed E-state index contributed by atoms with van der Waals surface area (Å²) in [7, 11) is 2.02. The van der Waals surface area contributed by atoms with Gasteiger partial charge in [-0.25, -0.2) is 18.7 Å². The first-order valence-corrected chi connectivity index (χ1v) is 9.11. The van der Waals surface area contributed by atoms with E-state index in [0.717, 1.165) is 42.2 Å². The van der Waals surface area contributed by atoms with Crippen LogP contribution in [0, 0.1) is 11.6 Å². The molecule has 0 amide bonds. The van der Waals surface area contributed by atoms with Gasteiger partial charge >= 0.3 is 0 Å². The van der Waals surface area contributed by atoms with Crippen LogP contribution in [-0.2, 0) is 17.7 Å². The third kappa shape index (κ3) is 3.35. The Morgan fingerprint density at radius 3 is 2.78 bits per heavy atom. The van der Waals surface area contributed by atoms with Gasteiger partial charge in [0.25, 0.3) is 0 Å². The topological polar surface area (TPSA) is 67.5 Å². The highest BCUT2D eigenvalue weighted by Crippen LogP contribution is 2.32. The van der Waals surface area contributed by atoms with Crippen molar-refractivity contribution in [1.82, 2.24) is 14.9 Å². The number of likely N-dealkylation sites (N-methyl/N-ethyl adjacent to an activating group) is 1. The second-order valence-electron chi connectivity index (χ2n) is 7.25. The maximum Gasteiger partial charge on any atom is 0.164 e. The number of hydrogen-bond donors (Lipinski definition) is 1. The van der Waals surface area contributed by atoms with Crippen LogP contribution in [0.1, 0.15) is 18.2 Å².